The second-order valence-corrected chi connectivity index (χ2v) is 11.3. The van der Waals surface area contributed by atoms with Gasteiger partial charge in [-0.2, -0.15) is 0 Å². The molecule has 6 nitrogen and oxygen atoms in total. The summed E-state index contributed by atoms with van der Waals surface area (Å²) in [6.45, 7) is 4.92. The van der Waals surface area contributed by atoms with Crippen molar-refractivity contribution in [3.8, 4) is 0 Å². The number of fused-ring (bicyclic) bond motifs is 2. The van der Waals surface area contributed by atoms with E-state index >= 15 is 0 Å². The van der Waals surface area contributed by atoms with E-state index in [-0.39, 0.29) is 40.0 Å². The van der Waals surface area contributed by atoms with Crippen molar-refractivity contribution < 1.29 is 19.1 Å². The molecular formula is C35H40N2O4. The monoisotopic (exact) mass is 552 g/mol. The molecule has 0 radical (unpaired) electrons. The number of ketones is 2. The van der Waals surface area contributed by atoms with E-state index in [9.17, 15) is 14.4 Å². The van der Waals surface area contributed by atoms with Crippen LogP contribution in [0.1, 0.15) is 114 Å². The minimum absolute atomic E-state index is 0.0155. The van der Waals surface area contributed by atoms with Gasteiger partial charge in [0.2, 0.25) is 0 Å². The Morgan fingerprint density at radius 1 is 0.854 bits per heavy atom. The summed E-state index contributed by atoms with van der Waals surface area (Å²) in [6, 6.07) is 18.2. The molecule has 5 rings (SSSR count). The molecule has 0 saturated heterocycles. The largest absolute Gasteiger partial charge is 0.459 e. The molecular weight excluding hydrogens is 512 g/mol. The minimum Gasteiger partial charge on any atom is -0.459 e. The summed E-state index contributed by atoms with van der Waals surface area (Å²) < 4.78 is 6.02. The Labute approximate surface area is 242 Å². The SMILES string of the molecule is CCCCN(c1ccccc1)c1cc(C(=O)O[C@H]2CC[C@H](CCCC)CC2)c(N)c2c1C(=O)c1ccccc1C2=O. The maximum absolute atomic E-state index is 14.0. The molecule has 0 unspecified atom stereocenters. The maximum atomic E-state index is 14.0. The van der Waals surface area contributed by atoms with Crippen molar-refractivity contribution in [3.63, 3.8) is 0 Å². The van der Waals surface area contributed by atoms with E-state index in [0.717, 1.165) is 44.2 Å². The van der Waals surface area contributed by atoms with Crippen LogP contribution in [0.15, 0.2) is 60.7 Å². The lowest BCUT2D eigenvalue weighted by Gasteiger charge is -2.32. The Balaban J connectivity index is 1.57. The third kappa shape index (κ3) is 5.79. The number of anilines is 3. The van der Waals surface area contributed by atoms with Gasteiger partial charge in [-0.3, -0.25) is 9.59 Å². The van der Waals surface area contributed by atoms with Gasteiger partial charge in [0, 0.05) is 23.4 Å². The molecule has 0 atom stereocenters. The number of carbonyl (C=O) groups is 3. The van der Waals surface area contributed by atoms with Crippen molar-refractivity contribution in [2.45, 2.75) is 77.7 Å². The molecule has 0 aliphatic heterocycles. The molecule has 41 heavy (non-hydrogen) atoms. The van der Waals surface area contributed by atoms with Gasteiger partial charge in [-0.1, -0.05) is 82.0 Å². The number of esters is 1. The molecule has 0 heterocycles. The highest BCUT2D eigenvalue weighted by Gasteiger charge is 2.37. The molecule has 3 aromatic carbocycles. The van der Waals surface area contributed by atoms with Gasteiger partial charge in [0.05, 0.1) is 28.1 Å². The van der Waals surface area contributed by atoms with Crippen LogP contribution in [0.5, 0.6) is 0 Å². The third-order valence-electron chi connectivity index (χ3n) is 8.56. The van der Waals surface area contributed by atoms with Crippen LogP contribution in [0.4, 0.5) is 17.1 Å². The fourth-order valence-corrected chi connectivity index (χ4v) is 6.24. The second kappa shape index (κ2) is 12.7. The Kier molecular flexibility index (Phi) is 8.87. The molecule has 1 saturated carbocycles. The molecule has 0 spiro atoms. The smallest absolute Gasteiger partial charge is 0.340 e. The molecule has 0 amide bonds. The number of hydrogen-bond donors (Lipinski definition) is 1. The van der Waals surface area contributed by atoms with Crippen LogP contribution in [0.3, 0.4) is 0 Å². The highest BCUT2D eigenvalue weighted by Crippen LogP contribution is 2.42. The van der Waals surface area contributed by atoms with E-state index in [2.05, 4.69) is 13.8 Å². The third-order valence-corrected chi connectivity index (χ3v) is 8.56. The molecule has 0 bridgehead atoms. The number of rotatable bonds is 10. The number of ether oxygens (including phenoxy) is 1. The average molecular weight is 553 g/mol. The van der Waals surface area contributed by atoms with Gasteiger partial charge < -0.3 is 15.4 Å². The molecule has 214 valence electrons. The normalized spacial score (nSPS) is 18.0. The predicted molar refractivity (Wildman–Crippen MR) is 163 cm³/mol. The topological polar surface area (TPSA) is 89.7 Å². The quantitative estimate of drug-likeness (QED) is 0.159. The van der Waals surface area contributed by atoms with E-state index in [0.29, 0.717) is 29.3 Å². The molecule has 2 aliphatic rings. The molecule has 0 aromatic heterocycles. The first-order valence-corrected chi connectivity index (χ1v) is 15.1. The van der Waals surface area contributed by atoms with Gasteiger partial charge in [0.1, 0.15) is 6.10 Å². The summed E-state index contributed by atoms with van der Waals surface area (Å²) >= 11 is 0. The van der Waals surface area contributed by atoms with Crippen molar-refractivity contribution >= 4 is 34.6 Å². The van der Waals surface area contributed by atoms with Crippen LogP contribution in [0, 0.1) is 5.92 Å². The van der Waals surface area contributed by atoms with Crippen molar-refractivity contribution in [2.24, 2.45) is 5.92 Å². The van der Waals surface area contributed by atoms with E-state index < -0.39 is 5.97 Å². The number of nitrogen functional groups attached to an aromatic ring is 1. The van der Waals surface area contributed by atoms with Crippen LogP contribution in [-0.4, -0.2) is 30.2 Å². The first-order valence-electron chi connectivity index (χ1n) is 15.1. The maximum Gasteiger partial charge on any atom is 0.340 e. The van der Waals surface area contributed by atoms with Crippen molar-refractivity contribution in [2.75, 3.05) is 17.2 Å². The first kappa shape index (κ1) is 28.6. The Morgan fingerprint density at radius 2 is 1.46 bits per heavy atom. The molecule has 6 heteroatoms. The van der Waals surface area contributed by atoms with E-state index in [4.69, 9.17) is 10.5 Å². The zero-order valence-electron chi connectivity index (χ0n) is 24.2. The molecule has 3 aromatic rings. The Hall–Kier alpha value is -3.93. The number of para-hydroxylation sites is 1. The van der Waals surface area contributed by atoms with Crippen LogP contribution in [0.2, 0.25) is 0 Å². The van der Waals surface area contributed by atoms with Crippen LogP contribution in [-0.2, 0) is 4.74 Å². The minimum atomic E-state index is -0.536. The number of nitrogens with two attached hydrogens (primary N) is 1. The van der Waals surface area contributed by atoms with Gasteiger partial charge in [0.25, 0.3) is 0 Å². The summed E-state index contributed by atoms with van der Waals surface area (Å²) in [5.41, 5.74) is 9.15. The van der Waals surface area contributed by atoms with Gasteiger partial charge in [-0.25, -0.2) is 4.79 Å². The first-order chi connectivity index (χ1) is 19.9. The fraction of sp³-hybridized carbons (Fsp3) is 0.400. The average Bonchev–Trinajstić information content (AvgIpc) is 3.00. The van der Waals surface area contributed by atoms with Crippen molar-refractivity contribution in [1.29, 1.82) is 0 Å². The highest BCUT2D eigenvalue weighted by atomic mass is 16.5. The van der Waals surface area contributed by atoms with E-state index in [1.807, 2.05) is 35.2 Å². The summed E-state index contributed by atoms with van der Waals surface area (Å²) in [6.07, 6.45) is 9.01. The van der Waals surface area contributed by atoms with Crippen molar-refractivity contribution in [3.05, 3.63) is 88.5 Å². The number of benzene rings is 3. The summed E-state index contributed by atoms with van der Waals surface area (Å²) in [4.78, 5) is 43.6. The van der Waals surface area contributed by atoms with Gasteiger partial charge >= 0.3 is 5.97 Å². The summed E-state index contributed by atoms with van der Waals surface area (Å²) in [7, 11) is 0. The summed E-state index contributed by atoms with van der Waals surface area (Å²) in [5, 5.41) is 0. The Morgan fingerprint density at radius 3 is 2.10 bits per heavy atom. The lowest BCUT2D eigenvalue weighted by atomic mass is 9.80. The predicted octanol–water partition coefficient (Wildman–Crippen LogP) is 7.89. The lowest BCUT2D eigenvalue weighted by Crippen LogP contribution is -2.30. The molecule has 1 fully saturated rings. The zero-order valence-corrected chi connectivity index (χ0v) is 24.2. The zero-order chi connectivity index (χ0) is 28.9. The van der Waals surface area contributed by atoms with Crippen molar-refractivity contribution in [1.82, 2.24) is 0 Å². The number of unbranched alkanes of at least 4 members (excludes halogenated alkanes) is 2. The second-order valence-electron chi connectivity index (χ2n) is 11.3. The van der Waals surface area contributed by atoms with Crippen LogP contribution in [0.25, 0.3) is 0 Å². The van der Waals surface area contributed by atoms with Gasteiger partial charge in [-0.15, -0.1) is 0 Å². The molecule has 2 N–H and O–H groups in total. The summed E-state index contributed by atoms with van der Waals surface area (Å²) in [5.74, 6) is -0.457. The number of nitrogens with zero attached hydrogens (tertiary/aromatic N) is 1. The van der Waals surface area contributed by atoms with Crippen LogP contribution < -0.4 is 10.6 Å². The Bertz CT molecular complexity index is 1420. The fourth-order valence-electron chi connectivity index (χ4n) is 6.24. The van der Waals surface area contributed by atoms with Gasteiger partial charge in [-0.05, 0) is 56.2 Å². The van der Waals surface area contributed by atoms with E-state index in [1.54, 1.807) is 30.3 Å². The highest BCUT2D eigenvalue weighted by molar-refractivity contribution is 6.33. The van der Waals surface area contributed by atoms with Gasteiger partial charge in [0.15, 0.2) is 11.6 Å². The van der Waals surface area contributed by atoms with E-state index in [1.165, 1.54) is 19.3 Å². The number of carbonyl (C=O) groups excluding carboxylic acids is 3. The lowest BCUT2D eigenvalue weighted by molar-refractivity contribution is 0.0162. The number of hydrogen-bond acceptors (Lipinski definition) is 6. The molecule has 2 aliphatic carbocycles. The standard InChI is InChI=1S/C35H40N2O4/c1-3-5-12-23-17-19-25(20-18-23)41-35(40)28-22-29(37(21-6-4-2)24-13-8-7-9-14-24)30-31(32(28)36)34(39)27-16-11-10-15-26(27)33(30)38/h7-11,13-16,22-23,25H,3-6,12,17-21,36H2,1-2H3/t23-,25-. The van der Waals surface area contributed by atoms with Crippen LogP contribution >= 0.6 is 0 Å².